The third-order valence-corrected chi connectivity index (χ3v) is 3.71. The molecule has 0 bridgehead atoms. The molecule has 0 radical (unpaired) electrons. The topological polar surface area (TPSA) is 47.5 Å². The van der Waals surface area contributed by atoms with Gasteiger partial charge in [-0.3, -0.25) is 4.40 Å². The molecule has 0 aliphatic carbocycles. The van der Waals surface area contributed by atoms with Crippen LogP contribution in [0.1, 0.15) is 0 Å². The van der Waals surface area contributed by atoms with E-state index in [1.54, 1.807) is 6.20 Å². The van der Waals surface area contributed by atoms with E-state index in [1.807, 2.05) is 47.1 Å². The van der Waals surface area contributed by atoms with E-state index in [9.17, 15) is 0 Å². The molecule has 20 heavy (non-hydrogen) atoms. The first-order valence-electron chi connectivity index (χ1n) is 6.41. The summed E-state index contributed by atoms with van der Waals surface area (Å²) in [5, 5.41) is 9.36. The molecule has 0 saturated heterocycles. The molecule has 1 aromatic carbocycles. The first-order valence-corrected chi connectivity index (χ1v) is 6.41. The molecule has 5 aromatic rings. The molecule has 0 saturated carbocycles. The first kappa shape index (κ1) is 9.91. The Balaban J connectivity index is 2.26. The largest absolute Gasteiger partial charge is 0.298 e. The molecule has 0 fully saturated rings. The van der Waals surface area contributed by atoms with Crippen molar-refractivity contribution in [3.05, 3.63) is 54.9 Å². The summed E-state index contributed by atoms with van der Waals surface area (Å²) in [4.78, 5) is 4.77. The molecule has 0 amide bonds. The van der Waals surface area contributed by atoms with Gasteiger partial charge in [0.2, 0.25) is 0 Å². The van der Waals surface area contributed by atoms with Gasteiger partial charge in [0.05, 0.1) is 11.7 Å². The smallest absolute Gasteiger partial charge is 0.137 e. The van der Waals surface area contributed by atoms with Crippen LogP contribution in [0.2, 0.25) is 0 Å². The van der Waals surface area contributed by atoms with Crippen molar-refractivity contribution in [1.82, 2.24) is 24.2 Å². The Labute approximate surface area is 113 Å². The third kappa shape index (κ3) is 1.06. The highest BCUT2D eigenvalue weighted by Gasteiger charge is 2.14. The second kappa shape index (κ2) is 3.33. The Morgan fingerprint density at radius 3 is 2.80 bits per heavy atom. The minimum absolute atomic E-state index is 0.932. The fourth-order valence-corrected chi connectivity index (χ4v) is 2.86. The third-order valence-electron chi connectivity index (χ3n) is 3.71. The molecule has 94 valence electrons. The molecule has 0 N–H and O–H groups in total. The number of imidazole rings is 1. The summed E-state index contributed by atoms with van der Waals surface area (Å²) in [6.45, 7) is 0. The summed E-state index contributed by atoms with van der Waals surface area (Å²) >= 11 is 0. The number of hydrogen-bond acceptors (Lipinski definition) is 3. The van der Waals surface area contributed by atoms with Crippen molar-refractivity contribution in [2.45, 2.75) is 0 Å². The van der Waals surface area contributed by atoms with E-state index >= 15 is 0 Å². The molecule has 4 heterocycles. The number of hydrogen-bond donors (Lipinski definition) is 0. The highest BCUT2D eigenvalue weighted by molar-refractivity contribution is 6.10. The monoisotopic (exact) mass is 259 g/mol. The summed E-state index contributed by atoms with van der Waals surface area (Å²) in [5.74, 6) is 0. The number of fused-ring (bicyclic) bond motifs is 8. The number of nitrogens with zero attached hydrogens (tertiary/aromatic N) is 5. The molecule has 0 aliphatic heterocycles. The molecular formula is C15H9N5. The lowest BCUT2D eigenvalue weighted by Crippen LogP contribution is -1.93. The molecular weight excluding hydrogens is 250 g/mol. The fourth-order valence-electron chi connectivity index (χ4n) is 2.86. The van der Waals surface area contributed by atoms with Crippen LogP contribution in [0, 0.1) is 0 Å². The van der Waals surface area contributed by atoms with Gasteiger partial charge in [0.25, 0.3) is 0 Å². The lowest BCUT2D eigenvalue weighted by molar-refractivity contribution is 0.883. The van der Waals surface area contributed by atoms with Gasteiger partial charge in [-0.25, -0.2) is 9.50 Å². The van der Waals surface area contributed by atoms with E-state index in [0.717, 1.165) is 33.1 Å². The molecule has 5 rings (SSSR count). The van der Waals surface area contributed by atoms with Crippen LogP contribution in [0.4, 0.5) is 0 Å². The van der Waals surface area contributed by atoms with E-state index in [1.165, 1.54) is 0 Å². The maximum absolute atomic E-state index is 4.77. The lowest BCUT2D eigenvalue weighted by atomic mass is 10.2. The Hall–Kier alpha value is -2.95. The van der Waals surface area contributed by atoms with Crippen LogP contribution in [0.3, 0.4) is 0 Å². The maximum Gasteiger partial charge on any atom is 0.137 e. The van der Waals surface area contributed by atoms with Gasteiger partial charge in [-0.1, -0.05) is 29.5 Å². The average Bonchev–Trinajstić information content (AvgIpc) is 3.11. The van der Waals surface area contributed by atoms with Gasteiger partial charge < -0.3 is 0 Å². The van der Waals surface area contributed by atoms with Gasteiger partial charge >= 0.3 is 0 Å². The van der Waals surface area contributed by atoms with Gasteiger partial charge in [-0.05, 0) is 18.2 Å². The van der Waals surface area contributed by atoms with Crippen molar-refractivity contribution >= 4 is 33.1 Å². The van der Waals surface area contributed by atoms with Crippen LogP contribution in [0.15, 0.2) is 54.9 Å². The highest BCUT2D eigenvalue weighted by atomic mass is 15.4. The summed E-state index contributed by atoms with van der Waals surface area (Å²) in [7, 11) is 0. The molecule has 4 aromatic heterocycles. The number of rotatable bonds is 0. The molecule has 5 heteroatoms. The van der Waals surface area contributed by atoms with Crippen molar-refractivity contribution < 1.29 is 0 Å². The van der Waals surface area contributed by atoms with E-state index < -0.39 is 0 Å². The van der Waals surface area contributed by atoms with Crippen molar-refractivity contribution in [2.75, 3.05) is 0 Å². The SMILES string of the molecule is c1ccc2c(c1)c1nc3ccccn3c1c1cnnn21. The van der Waals surface area contributed by atoms with E-state index in [0.29, 0.717) is 0 Å². The van der Waals surface area contributed by atoms with Gasteiger partial charge in [-0.15, -0.1) is 5.10 Å². The number of aromatic nitrogens is 5. The second-order valence-electron chi connectivity index (χ2n) is 4.79. The fraction of sp³-hybridized carbons (Fsp3) is 0. The number of para-hydroxylation sites is 1. The minimum Gasteiger partial charge on any atom is -0.298 e. The second-order valence-corrected chi connectivity index (χ2v) is 4.79. The number of benzene rings is 1. The van der Waals surface area contributed by atoms with Gasteiger partial charge in [-0.2, -0.15) is 0 Å². The lowest BCUT2D eigenvalue weighted by Gasteiger charge is -2.03. The maximum atomic E-state index is 4.77. The zero-order valence-corrected chi connectivity index (χ0v) is 10.4. The summed E-state index contributed by atoms with van der Waals surface area (Å²) in [6.07, 6.45) is 3.81. The van der Waals surface area contributed by atoms with E-state index in [-0.39, 0.29) is 0 Å². The van der Waals surface area contributed by atoms with Crippen LogP contribution in [0.5, 0.6) is 0 Å². The molecule has 0 unspecified atom stereocenters. The zero-order valence-electron chi connectivity index (χ0n) is 10.4. The van der Waals surface area contributed by atoms with Crippen molar-refractivity contribution in [2.24, 2.45) is 0 Å². The molecule has 0 aliphatic rings. The van der Waals surface area contributed by atoms with E-state index in [4.69, 9.17) is 4.98 Å². The highest BCUT2D eigenvalue weighted by Crippen LogP contribution is 2.28. The van der Waals surface area contributed by atoms with Crippen LogP contribution in [-0.2, 0) is 0 Å². The first-order chi connectivity index (χ1) is 9.93. The predicted molar refractivity (Wildman–Crippen MR) is 76.7 cm³/mol. The van der Waals surface area contributed by atoms with Gasteiger partial charge in [0.1, 0.15) is 22.2 Å². The van der Waals surface area contributed by atoms with Crippen LogP contribution >= 0.6 is 0 Å². The minimum atomic E-state index is 0.932. The quantitative estimate of drug-likeness (QED) is 0.429. The molecule has 5 nitrogen and oxygen atoms in total. The average molecular weight is 259 g/mol. The molecule has 0 atom stereocenters. The normalized spacial score (nSPS) is 12.0. The summed E-state index contributed by atoms with van der Waals surface area (Å²) in [6, 6.07) is 14.2. The summed E-state index contributed by atoms with van der Waals surface area (Å²) < 4.78 is 3.96. The van der Waals surface area contributed by atoms with E-state index in [2.05, 4.69) is 20.8 Å². The zero-order chi connectivity index (χ0) is 13.1. The standard InChI is InChI=1S/C15H9N5/c1-2-6-11-10(5-1)14-15(12-9-16-18-20(11)12)19-8-4-3-7-13(19)17-14/h1-9H. The Morgan fingerprint density at radius 2 is 1.80 bits per heavy atom. The Kier molecular flexibility index (Phi) is 1.65. The summed E-state index contributed by atoms with van der Waals surface area (Å²) in [5.41, 5.74) is 4.96. The van der Waals surface area contributed by atoms with Crippen LogP contribution < -0.4 is 0 Å². The molecule has 0 spiro atoms. The van der Waals surface area contributed by atoms with Crippen LogP contribution in [-0.4, -0.2) is 24.2 Å². The van der Waals surface area contributed by atoms with Crippen molar-refractivity contribution in [1.29, 1.82) is 0 Å². The predicted octanol–water partition coefficient (Wildman–Crippen LogP) is 2.68. The van der Waals surface area contributed by atoms with Crippen molar-refractivity contribution in [3.8, 4) is 0 Å². The van der Waals surface area contributed by atoms with Gasteiger partial charge in [0.15, 0.2) is 0 Å². The number of pyridine rings is 2. The Morgan fingerprint density at radius 1 is 0.900 bits per heavy atom. The van der Waals surface area contributed by atoms with Crippen molar-refractivity contribution in [3.63, 3.8) is 0 Å². The van der Waals surface area contributed by atoms with Crippen LogP contribution in [0.25, 0.3) is 33.1 Å². The Bertz CT molecular complexity index is 1100. The van der Waals surface area contributed by atoms with Gasteiger partial charge in [0, 0.05) is 11.6 Å².